The van der Waals surface area contributed by atoms with Crippen molar-refractivity contribution in [3.8, 4) is 0 Å². The molecule has 0 bridgehead atoms. The van der Waals surface area contributed by atoms with Gasteiger partial charge in [-0.2, -0.15) is 0 Å². The molecule has 0 aliphatic heterocycles. The van der Waals surface area contributed by atoms with E-state index in [4.69, 9.17) is 0 Å². The van der Waals surface area contributed by atoms with Crippen molar-refractivity contribution in [1.82, 2.24) is 4.90 Å². The van der Waals surface area contributed by atoms with Gasteiger partial charge in [-0.25, -0.2) is 0 Å². The summed E-state index contributed by atoms with van der Waals surface area (Å²) in [6.07, 6.45) is 0. The third-order valence-electron chi connectivity index (χ3n) is 1.96. The van der Waals surface area contributed by atoms with E-state index in [1.165, 1.54) is 5.56 Å². The van der Waals surface area contributed by atoms with Crippen LogP contribution in [0.5, 0.6) is 0 Å². The van der Waals surface area contributed by atoms with Gasteiger partial charge in [0.05, 0.1) is 0 Å². The molecule has 0 saturated heterocycles. The predicted octanol–water partition coefficient (Wildman–Crippen LogP) is 2.11. The average Bonchev–Trinajstić information content (AvgIpc) is 2.05. The highest BCUT2D eigenvalue weighted by Gasteiger charge is 2.05. The zero-order valence-corrected chi connectivity index (χ0v) is 7.33. The molecule has 0 amide bonds. The molecule has 1 rings (SSSR count). The summed E-state index contributed by atoms with van der Waals surface area (Å²) < 4.78 is 0. The molecule has 0 saturated carbocycles. The van der Waals surface area contributed by atoms with E-state index in [0.29, 0.717) is 6.04 Å². The van der Waals surface area contributed by atoms with Crippen LogP contribution in [0.4, 0.5) is 0 Å². The van der Waals surface area contributed by atoms with Gasteiger partial charge >= 0.3 is 0 Å². The summed E-state index contributed by atoms with van der Waals surface area (Å²) in [7, 11) is 4.15. The monoisotopic (exact) mass is 148 g/mol. The highest BCUT2D eigenvalue weighted by molar-refractivity contribution is 5.16. The number of nitrogens with zero attached hydrogens (tertiary/aromatic N) is 1. The lowest BCUT2D eigenvalue weighted by Crippen LogP contribution is -2.16. The molecule has 1 aromatic carbocycles. The first-order valence-corrected chi connectivity index (χ1v) is 3.85. The molecule has 0 N–H and O–H groups in total. The normalized spacial score (nSPS) is 13.5. The second-order valence-corrected chi connectivity index (χ2v) is 2.96. The lowest BCUT2D eigenvalue weighted by Gasteiger charge is -2.19. The Morgan fingerprint density at radius 1 is 1.36 bits per heavy atom. The fourth-order valence-electron chi connectivity index (χ4n) is 0.945. The minimum absolute atomic E-state index is 0.455. The van der Waals surface area contributed by atoms with Crippen LogP contribution >= 0.6 is 0 Å². The standard InChI is InChI=1S/C10H14N/c1-9(11(2)3)10-7-5-4-6-8-10/h4-7,9H,1-3H3/t9-/m0/s1. The Kier molecular flexibility index (Phi) is 2.66. The van der Waals surface area contributed by atoms with Crippen LogP contribution in [-0.4, -0.2) is 19.0 Å². The summed E-state index contributed by atoms with van der Waals surface area (Å²) in [6.45, 7) is 2.17. The van der Waals surface area contributed by atoms with E-state index in [0.717, 1.165) is 0 Å². The summed E-state index contributed by atoms with van der Waals surface area (Å²) in [6, 6.07) is 11.8. The molecule has 11 heavy (non-hydrogen) atoms. The topological polar surface area (TPSA) is 3.24 Å². The molecule has 1 atom stereocenters. The van der Waals surface area contributed by atoms with Crippen LogP contribution in [0, 0.1) is 6.07 Å². The Morgan fingerprint density at radius 2 is 2.09 bits per heavy atom. The fraction of sp³-hybridized carbons (Fsp3) is 0.400. The van der Waals surface area contributed by atoms with Crippen molar-refractivity contribution < 1.29 is 0 Å². The zero-order chi connectivity index (χ0) is 8.27. The second kappa shape index (κ2) is 3.54. The Balaban J connectivity index is 2.77. The van der Waals surface area contributed by atoms with E-state index >= 15 is 0 Å². The molecular weight excluding hydrogens is 134 g/mol. The zero-order valence-electron chi connectivity index (χ0n) is 7.33. The molecule has 0 aliphatic carbocycles. The molecule has 0 spiro atoms. The summed E-state index contributed by atoms with van der Waals surface area (Å²) in [5.41, 5.74) is 1.25. The van der Waals surface area contributed by atoms with Gasteiger partial charge in [0, 0.05) is 6.04 Å². The van der Waals surface area contributed by atoms with Crippen LogP contribution in [0.25, 0.3) is 0 Å². The largest absolute Gasteiger partial charge is 0.303 e. The molecule has 1 heteroatoms. The van der Waals surface area contributed by atoms with Crippen molar-refractivity contribution in [1.29, 1.82) is 0 Å². The van der Waals surface area contributed by atoms with Crippen molar-refractivity contribution in [2.45, 2.75) is 13.0 Å². The van der Waals surface area contributed by atoms with Crippen molar-refractivity contribution in [3.63, 3.8) is 0 Å². The van der Waals surface area contributed by atoms with Crippen molar-refractivity contribution >= 4 is 0 Å². The smallest absolute Gasteiger partial charge is 0.0319 e. The van der Waals surface area contributed by atoms with E-state index in [1.54, 1.807) is 0 Å². The lowest BCUT2D eigenvalue weighted by atomic mass is 10.1. The Labute approximate surface area is 68.7 Å². The molecule has 59 valence electrons. The van der Waals surface area contributed by atoms with Gasteiger partial charge < -0.3 is 4.90 Å². The van der Waals surface area contributed by atoms with Gasteiger partial charge in [0.25, 0.3) is 0 Å². The number of hydrogen-bond donors (Lipinski definition) is 0. The molecule has 0 unspecified atom stereocenters. The van der Waals surface area contributed by atoms with Crippen LogP contribution in [0.1, 0.15) is 18.5 Å². The molecule has 1 radical (unpaired) electrons. The summed E-state index contributed by atoms with van der Waals surface area (Å²) in [5.74, 6) is 0. The van der Waals surface area contributed by atoms with E-state index in [9.17, 15) is 0 Å². The van der Waals surface area contributed by atoms with Gasteiger partial charge in [0.15, 0.2) is 0 Å². The summed E-state index contributed by atoms with van der Waals surface area (Å²) in [4.78, 5) is 2.17. The highest BCUT2D eigenvalue weighted by atomic mass is 15.1. The van der Waals surface area contributed by atoms with Crippen LogP contribution in [0.15, 0.2) is 24.3 Å². The third kappa shape index (κ3) is 2.05. The van der Waals surface area contributed by atoms with E-state index in [2.05, 4.69) is 38.1 Å². The molecule has 0 fully saturated rings. The minimum Gasteiger partial charge on any atom is -0.303 e. The van der Waals surface area contributed by atoms with E-state index in [1.807, 2.05) is 18.2 Å². The van der Waals surface area contributed by atoms with Crippen molar-refractivity contribution in [2.75, 3.05) is 14.1 Å². The van der Waals surface area contributed by atoms with Gasteiger partial charge in [0.2, 0.25) is 0 Å². The van der Waals surface area contributed by atoms with Crippen molar-refractivity contribution in [2.24, 2.45) is 0 Å². The maximum absolute atomic E-state index is 3.21. The lowest BCUT2D eigenvalue weighted by molar-refractivity contribution is 0.321. The van der Waals surface area contributed by atoms with Crippen LogP contribution < -0.4 is 0 Å². The van der Waals surface area contributed by atoms with Crippen molar-refractivity contribution in [3.05, 3.63) is 35.9 Å². The molecule has 0 heterocycles. The van der Waals surface area contributed by atoms with Crippen LogP contribution in [0.3, 0.4) is 0 Å². The quantitative estimate of drug-likeness (QED) is 0.621. The average molecular weight is 148 g/mol. The Hall–Kier alpha value is -0.820. The SMILES string of the molecule is C[C@@H](c1[c]cccc1)N(C)C. The first-order chi connectivity index (χ1) is 5.22. The molecule has 1 nitrogen and oxygen atoms in total. The maximum atomic E-state index is 3.21. The van der Waals surface area contributed by atoms with Gasteiger partial charge in [-0.1, -0.05) is 24.3 Å². The van der Waals surface area contributed by atoms with Crippen LogP contribution in [0.2, 0.25) is 0 Å². The first kappa shape index (κ1) is 8.28. The second-order valence-electron chi connectivity index (χ2n) is 2.96. The highest BCUT2D eigenvalue weighted by Crippen LogP contribution is 2.14. The first-order valence-electron chi connectivity index (χ1n) is 3.85. The Morgan fingerprint density at radius 3 is 2.55 bits per heavy atom. The fourth-order valence-corrected chi connectivity index (χ4v) is 0.945. The minimum atomic E-state index is 0.455. The number of benzene rings is 1. The molecule has 0 aliphatic rings. The third-order valence-corrected chi connectivity index (χ3v) is 1.96. The van der Waals surface area contributed by atoms with Gasteiger partial charge in [0.1, 0.15) is 0 Å². The van der Waals surface area contributed by atoms with Crippen LogP contribution in [-0.2, 0) is 0 Å². The molecule has 1 aromatic rings. The maximum Gasteiger partial charge on any atom is 0.0319 e. The summed E-state index contributed by atoms with van der Waals surface area (Å²) in [5, 5.41) is 0. The number of hydrogen-bond acceptors (Lipinski definition) is 1. The van der Waals surface area contributed by atoms with E-state index in [-0.39, 0.29) is 0 Å². The van der Waals surface area contributed by atoms with E-state index < -0.39 is 0 Å². The summed E-state index contributed by atoms with van der Waals surface area (Å²) >= 11 is 0. The van der Waals surface area contributed by atoms with Gasteiger partial charge in [-0.05, 0) is 32.6 Å². The molecule has 0 aromatic heterocycles. The van der Waals surface area contributed by atoms with Gasteiger partial charge in [-0.15, -0.1) is 0 Å². The predicted molar refractivity (Wildman–Crippen MR) is 47.4 cm³/mol. The molecular formula is C10H14N. The van der Waals surface area contributed by atoms with Gasteiger partial charge in [-0.3, -0.25) is 0 Å². The Bertz CT molecular complexity index is 203. The number of rotatable bonds is 2.